The Hall–Kier alpha value is -1.31. The fourth-order valence-electron chi connectivity index (χ4n) is 1.64. The van der Waals surface area contributed by atoms with Gasteiger partial charge in [0.2, 0.25) is 0 Å². The Kier molecular flexibility index (Phi) is 4.05. The molecular formula is C14H13BrN2S. The maximum absolute atomic E-state index is 8.85. The van der Waals surface area contributed by atoms with Gasteiger partial charge in [0.1, 0.15) is 6.07 Å². The molecule has 4 heteroatoms. The Morgan fingerprint density at radius 3 is 2.67 bits per heavy atom. The van der Waals surface area contributed by atoms with Crippen LogP contribution in [0.25, 0.3) is 0 Å². The fraction of sp³-hybridized carbons (Fsp3) is 0.214. The van der Waals surface area contributed by atoms with E-state index in [-0.39, 0.29) is 0 Å². The molecule has 92 valence electrons. The lowest BCUT2D eigenvalue weighted by atomic mass is 10.2. The molecule has 0 atom stereocenters. The first-order valence-corrected chi connectivity index (χ1v) is 7.20. The number of halogens is 1. The predicted octanol–water partition coefficient (Wildman–Crippen LogP) is 4.61. The van der Waals surface area contributed by atoms with Gasteiger partial charge in [0.05, 0.1) is 5.56 Å². The Morgan fingerprint density at radius 2 is 2.11 bits per heavy atom. The molecule has 0 radical (unpaired) electrons. The molecule has 0 amide bonds. The maximum Gasteiger partial charge on any atom is 0.100 e. The Labute approximate surface area is 119 Å². The van der Waals surface area contributed by atoms with Gasteiger partial charge in [0, 0.05) is 26.5 Å². The number of thiophene rings is 1. The van der Waals surface area contributed by atoms with Gasteiger partial charge in [0.25, 0.3) is 0 Å². The molecule has 2 rings (SSSR count). The van der Waals surface area contributed by atoms with Crippen LogP contribution in [0.4, 0.5) is 5.69 Å². The highest BCUT2D eigenvalue weighted by atomic mass is 79.9. The average molecular weight is 321 g/mol. The summed E-state index contributed by atoms with van der Waals surface area (Å²) in [4.78, 5) is 2.69. The number of hydrogen-bond donors (Lipinski definition) is 1. The van der Waals surface area contributed by atoms with E-state index in [4.69, 9.17) is 5.26 Å². The highest BCUT2D eigenvalue weighted by molar-refractivity contribution is 9.10. The maximum atomic E-state index is 8.85. The van der Waals surface area contributed by atoms with Crippen molar-refractivity contribution in [3.8, 4) is 6.07 Å². The molecule has 18 heavy (non-hydrogen) atoms. The van der Waals surface area contributed by atoms with Crippen LogP contribution in [0.3, 0.4) is 0 Å². The van der Waals surface area contributed by atoms with Crippen LogP contribution in [-0.2, 0) is 6.54 Å². The molecule has 0 spiro atoms. The number of benzene rings is 1. The number of nitrogens with one attached hydrogen (secondary N) is 1. The van der Waals surface area contributed by atoms with Gasteiger partial charge in [-0.2, -0.15) is 5.26 Å². The molecular weight excluding hydrogens is 308 g/mol. The second-order valence-corrected chi connectivity index (χ2v) is 6.31. The Balaban J connectivity index is 2.07. The van der Waals surface area contributed by atoms with Crippen molar-refractivity contribution >= 4 is 33.0 Å². The third-order valence-corrected chi connectivity index (χ3v) is 4.58. The normalized spacial score (nSPS) is 10.1. The van der Waals surface area contributed by atoms with Crippen LogP contribution in [0.1, 0.15) is 20.9 Å². The molecule has 0 fully saturated rings. The summed E-state index contributed by atoms with van der Waals surface area (Å²) in [7, 11) is 0. The predicted molar refractivity (Wildman–Crippen MR) is 80.0 cm³/mol. The average Bonchev–Trinajstić information content (AvgIpc) is 2.66. The molecule has 0 aliphatic carbocycles. The number of nitrogens with zero attached hydrogens (tertiary/aromatic N) is 1. The van der Waals surface area contributed by atoms with Gasteiger partial charge in [-0.1, -0.05) is 0 Å². The molecule has 0 saturated heterocycles. The third-order valence-electron chi connectivity index (χ3n) is 2.77. The topological polar surface area (TPSA) is 35.8 Å². The highest BCUT2D eigenvalue weighted by Gasteiger charge is 2.03. The Bertz CT molecular complexity index is 591. The van der Waals surface area contributed by atoms with E-state index in [2.05, 4.69) is 47.2 Å². The summed E-state index contributed by atoms with van der Waals surface area (Å²) in [5, 5.41) is 12.2. The number of nitriles is 1. The second kappa shape index (κ2) is 5.55. The van der Waals surface area contributed by atoms with Gasteiger partial charge in [-0.3, -0.25) is 0 Å². The first-order chi connectivity index (χ1) is 8.60. The van der Waals surface area contributed by atoms with Gasteiger partial charge in [-0.25, -0.2) is 0 Å². The second-order valence-electron chi connectivity index (χ2n) is 4.11. The molecule has 1 aromatic heterocycles. The van der Waals surface area contributed by atoms with Crippen molar-refractivity contribution < 1.29 is 0 Å². The summed E-state index contributed by atoms with van der Waals surface area (Å²) in [5.41, 5.74) is 3.02. The van der Waals surface area contributed by atoms with Crippen LogP contribution < -0.4 is 5.32 Å². The zero-order valence-electron chi connectivity index (χ0n) is 10.2. The van der Waals surface area contributed by atoms with Crippen molar-refractivity contribution in [3.05, 3.63) is 49.6 Å². The molecule has 0 aliphatic rings. The highest BCUT2D eigenvalue weighted by Crippen LogP contribution is 2.24. The summed E-state index contributed by atoms with van der Waals surface area (Å²) < 4.78 is 0.827. The number of rotatable bonds is 3. The van der Waals surface area contributed by atoms with Crippen LogP contribution >= 0.6 is 27.3 Å². The SMILES string of the molecule is Cc1cc(CNc2ccc(C#N)c(Br)c2)sc1C. The van der Waals surface area contributed by atoms with Crippen molar-refractivity contribution in [1.82, 2.24) is 0 Å². The summed E-state index contributed by atoms with van der Waals surface area (Å²) in [6.45, 7) is 5.09. The van der Waals surface area contributed by atoms with E-state index in [0.717, 1.165) is 16.7 Å². The van der Waals surface area contributed by atoms with E-state index in [0.29, 0.717) is 5.56 Å². The van der Waals surface area contributed by atoms with Crippen molar-refractivity contribution in [2.24, 2.45) is 0 Å². The lowest BCUT2D eigenvalue weighted by Crippen LogP contribution is -1.97. The molecule has 2 nitrogen and oxygen atoms in total. The van der Waals surface area contributed by atoms with Crippen LogP contribution in [0.2, 0.25) is 0 Å². The minimum atomic E-state index is 0.656. The van der Waals surface area contributed by atoms with Crippen LogP contribution in [-0.4, -0.2) is 0 Å². The van der Waals surface area contributed by atoms with Crippen molar-refractivity contribution in [1.29, 1.82) is 5.26 Å². The zero-order valence-corrected chi connectivity index (χ0v) is 12.7. The van der Waals surface area contributed by atoms with Crippen molar-refractivity contribution in [2.45, 2.75) is 20.4 Å². The number of hydrogen-bond acceptors (Lipinski definition) is 3. The summed E-state index contributed by atoms with van der Waals surface area (Å²) >= 11 is 5.21. The van der Waals surface area contributed by atoms with Crippen LogP contribution in [0.5, 0.6) is 0 Å². The summed E-state index contributed by atoms with van der Waals surface area (Å²) in [6, 6.07) is 10.0. The fourth-order valence-corrected chi connectivity index (χ4v) is 3.10. The van der Waals surface area contributed by atoms with E-state index in [9.17, 15) is 0 Å². The summed E-state index contributed by atoms with van der Waals surface area (Å²) in [5.74, 6) is 0. The molecule has 2 aromatic rings. The van der Waals surface area contributed by atoms with Gasteiger partial charge >= 0.3 is 0 Å². The lowest BCUT2D eigenvalue weighted by Gasteiger charge is -2.05. The van der Waals surface area contributed by atoms with E-state index in [1.165, 1.54) is 15.3 Å². The van der Waals surface area contributed by atoms with E-state index in [1.807, 2.05) is 29.5 Å². The molecule has 0 unspecified atom stereocenters. The lowest BCUT2D eigenvalue weighted by molar-refractivity contribution is 1.19. The van der Waals surface area contributed by atoms with E-state index >= 15 is 0 Å². The molecule has 1 heterocycles. The van der Waals surface area contributed by atoms with Gasteiger partial charge in [0.15, 0.2) is 0 Å². The first-order valence-electron chi connectivity index (χ1n) is 5.59. The minimum Gasteiger partial charge on any atom is -0.380 e. The summed E-state index contributed by atoms with van der Waals surface area (Å²) in [6.07, 6.45) is 0. The van der Waals surface area contributed by atoms with Gasteiger partial charge in [-0.15, -0.1) is 11.3 Å². The third kappa shape index (κ3) is 2.92. The standard InChI is InChI=1S/C14H13BrN2S/c1-9-5-13(18-10(9)2)8-17-12-4-3-11(7-16)14(15)6-12/h3-6,17H,8H2,1-2H3. The quantitative estimate of drug-likeness (QED) is 0.896. The largest absolute Gasteiger partial charge is 0.380 e. The molecule has 0 saturated carbocycles. The van der Waals surface area contributed by atoms with Crippen LogP contribution in [0, 0.1) is 25.2 Å². The van der Waals surface area contributed by atoms with Crippen molar-refractivity contribution in [3.63, 3.8) is 0 Å². The smallest absolute Gasteiger partial charge is 0.100 e. The number of anilines is 1. The van der Waals surface area contributed by atoms with Gasteiger partial charge < -0.3 is 5.32 Å². The van der Waals surface area contributed by atoms with E-state index < -0.39 is 0 Å². The molecule has 1 aromatic carbocycles. The zero-order chi connectivity index (χ0) is 13.1. The monoisotopic (exact) mass is 320 g/mol. The van der Waals surface area contributed by atoms with Gasteiger partial charge in [-0.05, 0) is 59.6 Å². The van der Waals surface area contributed by atoms with Crippen molar-refractivity contribution in [2.75, 3.05) is 5.32 Å². The molecule has 1 N–H and O–H groups in total. The minimum absolute atomic E-state index is 0.656. The first kappa shape index (κ1) is 13.1. The number of aryl methyl sites for hydroxylation is 2. The molecule has 0 bridgehead atoms. The molecule has 0 aliphatic heterocycles. The van der Waals surface area contributed by atoms with Crippen LogP contribution in [0.15, 0.2) is 28.7 Å². The van der Waals surface area contributed by atoms with E-state index in [1.54, 1.807) is 0 Å². The Morgan fingerprint density at radius 1 is 1.33 bits per heavy atom.